The first-order chi connectivity index (χ1) is 3.91. The summed E-state index contributed by atoms with van der Waals surface area (Å²) >= 11 is 0. The van der Waals surface area contributed by atoms with Crippen LogP contribution in [0.4, 0.5) is 0 Å². The van der Waals surface area contributed by atoms with E-state index in [1.807, 2.05) is 6.07 Å². The molecule has 0 saturated carbocycles. The number of unbranched alkanes of at least 4 members (excludes halogenated alkanes) is 1. The number of hydrogen-bond donors (Lipinski definition) is 1. The molecule has 0 atom stereocenters. The van der Waals surface area contributed by atoms with Gasteiger partial charge in [0.25, 0.3) is 0 Å². The second-order valence-corrected chi connectivity index (χ2v) is 1.35. The van der Waals surface area contributed by atoms with Crippen molar-refractivity contribution in [2.45, 2.75) is 12.8 Å². The molecule has 0 aliphatic heterocycles. The maximum absolute atomic E-state index is 8.20. The van der Waals surface area contributed by atoms with Crippen LogP contribution in [0.1, 0.15) is 12.8 Å². The third-order valence-electron chi connectivity index (χ3n) is 0.695. The normalized spacial score (nSPS) is 9.50. The minimum Gasteiger partial charge on any atom is -0.392 e. The molecule has 8 heavy (non-hydrogen) atoms. The van der Waals surface area contributed by atoms with Crippen LogP contribution in [0.2, 0.25) is 0 Å². The largest absolute Gasteiger partial charge is 0.392 e. The van der Waals surface area contributed by atoms with Crippen LogP contribution in [-0.4, -0.2) is 11.7 Å². The van der Waals surface area contributed by atoms with Gasteiger partial charge in [-0.3, -0.25) is 0 Å². The average molecular weight is 111 g/mol. The van der Waals surface area contributed by atoms with Crippen LogP contribution in [0.3, 0.4) is 0 Å². The van der Waals surface area contributed by atoms with Crippen LogP contribution in [-0.2, 0) is 0 Å². The predicted molar refractivity (Wildman–Crippen MR) is 31.1 cm³/mol. The average Bonchev–Trinajstić information content (AvgIpc) is 1.81. The lowest BCUT2D eigenvalue weighted by molar-refractivity contribution is 0.342. The monoisotopic (exact) mass is 111 g/mol. The molecule has 0 aromatic heterocycles. The summed E-state index contributed by atoms with van der Waals surface area (Å²) in [5.41, 5.74) is 0. The fraction of sp³-hybridized carbons (Fsp3) is 0.500. The van der Waals surface area contributed by atoms with E-state index in [1.54, 1.807) is 12.2 Å². The molecule has 0 aromatic carbocycles. The molecule has 0 radical (unpaired) electrons. The third kappa shape index (κ3) is 5.19. The molecule has 0 amide bonds. The SMILES string of the molecule is N#CCC/C=C\CO. The molecule has 0 rings (SSSR count). The van der Waals surface area contributed by atoms with E-state index >= 15 is 0 Å². The molecule has 0 aromatic rings. The Balaban J connectivity index is 2.94. The number of allylic oxidation sites excluding steroid dienone is 1. The zero-order valence-corrected chi connectivity index (χ0v) is 4.67. The van der Waals surface area contributed by atoms with Gasteiger partial charge in [-0.1, -0.05) is 12.2 Å². The van der Waals surface area contributed by atoms with E-state index in [1.165, 1.54) is 0 Å². The van der Waals surface area contributed by atoms with Crippen molar-refractivity contribution in [3.05, 3.63) is 12.2 Å². The van der Waals surface area contributed by atoms with Crippen molar-refractivity contribution in [1.82, 2.24) is 0 Å². The Morgan fingerprint density at radius 2 is 2.25 bits per heavy atom. The van der Waals surface area contributed by atoms with Gasteiger partial charge in [-0.15, -0.1) is 0 Å². The first-order valence-electron chi connectivity index (χ1n) is 2.54. The van der Waals surface area contributed by atoms with E-state index in [4.69, 9.17) is 10.4 Å². The minimum absolute atomic E-state index is 0.0748. The van der Waals surface area contributed by atoms with Crippen molar-refractivity contribution in [2.75, 3.05) is 6.61 Å². The van der Waals surface area contributed by atoms with Crippen molar-refractivity contribution in [3.8, 4) is 6.07 Å². The lowest BCUT2D eigenvalue weighted by Gasteiger charge is -1.78. The zero-order chi connectivity index (χ0) is 6.24. The molecule has 0 bridgehead atoms. The van der Waals surface area contributed by atoms with E-state index in [0.717, 1.165) is 6.42 Å². The molecule has 0 saturated heterocycles. The number of aliphatic hydroxyl groups excluding tert-OH is 1. The highest BCUT2D eigenvalue weighted by Gasteiger charge is 1.73. The van der Waals surface area contributed by atoms with Gasteiger partial charge in [0.2, 0.25) is 0 Å². The Hall–Kier alpha value is -0.810. The van der Waals surface area contributed by atoms with Crippen molar-refractivity contribution in [3.63, 3.8) is 0 Å². The lowest BCUT2D eigenvalue weighted by atomic mass is 10.3. The number of rotatable bonds is 3. The molecule has 0 spiro atoms. The lowest BCUT2D eigenvalue weighted by Crippen LogP contribution is -1.70. The quantitative estimate of drug-likeness (QED) is 0.433. The summed E-state index contributed by atoms with van der Waals surface area (Å²) in [6, 6.07) is 1.99. The molecular formula is C6H9NO. The Morgan fingerprint density at radius 1 is 1.50 bits per heavy atom. The number of nitrogens with zero attached hydrogens (tertiary/aromatic N) is 1. The molecule has 44 valence electrons. The molecule has 0 heterocycles. The highest BCUT2D eigenvalue weighted by Crippen LogP contribution is 1.86. The number of hydrogen-bond acceptors (Lipinski definition) is 2. The highest BCUT2D eigenvalue weighted by atomic mass is 16.2. The highest BCUT2D eigenvalue weighted by molar-refractivity contribution is 4.84. The third-order valence-corrected chi connectivity index (χ3v) is 0.695. The summed E-state index contributed by atoms with van der Waals surface area (Å²) in [7, 11) is 0. The second-order valence-electron chi connectivity index (χ2n) is 1.35. The van der Waals surface area contributed by atoms with Crippen LogP contribution in [0.5, 0.6) is 0 Å². The smallest absolute Gasteiger partial charge is 0.0624 e. The molecule has 1 N–H and O–H groups in total. The van der Waals surface area contributed by atoms with Crippen molar-refractivity contribution < 1.29 is 5.11 Å². The Morgan fingerprint density at radius 3 is 2.75 bits per heavy atom. The van der Waals surface area contributed by atoms with Gasteiger partial charge in [-0.25, -0.2) is 0 Å². The van der Waals surface area contributed by atoms with Gasteiger partial charge in [0.1, 0.15) is 0 Å². The van der Waals surface area contributed by atoms with E-state index < -0.39 is 0 Å². The summed E-state index contributed by atoms with van der Waals surface area (Å²) in [4.78, 5) is 0. The minimum atomic E-state index is 0.0748. The van der Waals surface area contributed by atoms with Crippen molar-refractivity contribution in [2.24, 2.45) is 0 Å². The molecule has 2 nitrogen and oxygen atoms in total. The van der Waals surface area contributed by atoms with Gasteiger partial charge in [0, 0.05) is 6.42 Å². The van der Waals surface area contributed by atoms with Crippen LogP contribution in [0.25, 0.3) is 0 Å². The molecule has 2 heteroatoms. The number of aliphatic hydroxyl groups is 1. The Bertz CT molecular complexity index is 102. The van der Waals surface area contributed by atoms with E-state index in [2.05, 4.69) is 0 Å². The summed E-state index contributed by atoms with van der Waals surface area (Å²) in [6.07, 6.45) is 4.72. The first-order valence-corrected chi connectivity index (χ1v) is 2.54. The van der Waals surface area contributed by atoms with Crippen molar-refractivity contribution in [1.29, 1.82) is 5.26 Å². The van der Waals surface area contributed by atoms with Gasteiger partial charge < -0.3 is 5.11 Å². The summed E-state index contributed by atoms with van der Waals surface area (Å²) in [5.74, 6) is 0. The predicted octanol–water partition coefficient (Wildman–Crippen LogP) is 0.839. The zero-order valence-electron chi connectivity index (χ0n) is 4.67. The molecule has 0 unspecified atom stereocenters. The van der Waals surface area contributed by atoms with Gasteiger partial charge in [0.05, 0.1) is 12.7 Å². The maximum Gasteiger partial charge on any atom is 0.0624 e. The standard InChI is InChI=1S/C6H9NO/c7-5-3-1-2-4-6-8/h2,4,8H,1,3,6H2/b4-2-. The first kappa shape index (κ1) is 7.19. The van der Waals surface area contributed by atoms with Gasteiger partial charge >= 0.3 is 0 Å². The van der Waals surface area contributed by atoms with Gasteiger partial charge in [-0.2, -0.15) is 5.26 Å². The second kappa shape index (κ2) is 6.19. The summed E-state index contributed by atoms with van der Waals surface area (Å²) < 4.78 is 0. The molecule has 0 aliphatic carbocycles. The fourth-order valence-corrected chi connectivity index (χ4v) is 0.340. The van der Waals surface area contributed by atoms with Crippen molar-refractivity contribution >= 4 is 0 Å². The molecular weight excluding hydrogens is 102 g/mol. The summed E-state index contributed by atoms with van der Waals surface area (Å²) in [5, 5.41) is 16.2. The topological polar surface area (TPSA) is 44.0 Å². The van der Waals surface area contributed by atoms with Crippen LogP contribution < -0.4 is 0 Å². The van der Waals surface area contributed by atoms with Crippen LogP contribution in [0.15, 0.2) is 12.2 Å². The Labute approximate surface area is 49.1 Å². The Kier molecular flexibility index (Phi) is 5.56. The fourth-order valence-electron chi connectivity index (χ4n) is 0.340. The maximum atomic E-state index is 8.20. The van der Waals surface area contributed by atoms with Crippen LogP contribution in [0, 0.1) is 11.3 Å². The molecule has 0 aliphatic rings. The van der Waals surface area contributed by atoms with Gasteiger partial charge in [0.15, 0.2) is 0 Å². The summed E-state index contributed by atoms with van der Waals surface area (Å²) in [6.45, 7) is 0.0748. The van der Waals surface area contributed by atoms with E-state index in [-0.39, 0.29) is 6.61 Å². The molecule has 0 fully saturated rings. The number of nitriles is 1. The van der Waals surface area contributed by atoms with E-state index in [0.29, 0.717) is 6.42 Å². The van der Waals surface area contributed by atoms with Crippen LogP contribution >= 0.6 is 0 Å². The van der Waals surface area contributed by atoms with Gasteiger partial charge in [-0.05, 0) is 6.42 Å². The van der Waals surface area contributed by atoms with E-state index in [9.17, 15) is 0 Å².